The number of nitro benzene ring substituents is 1. The normalized spacial score (nSPS) is 10.2. The van der Waals surface area contributed by atoms with E-state index in [1.165, 1.54) is 6.07 Å². The molecule has 0 bridgehead atoms. The zero-order valence-corrected chi connectivity index (χ0v) is 12.2. The van der Waals surface area contributed by atoms with Crippen LogP contribution in [-0.4, -0.2) is 20.2 Å². The lowest BCUT2D eigenvalue weighted by Crippen LogP contribution is -2.14. The first-order valence-electron chi connectivity index (χ1n) is 5.48. The summed E-state index contributed by atoms with van der Waals surface area (Å²) in [7, 11) is 0. The summed E-state index contributed by atoms with van der Waals surface area (Å²) >= 11 is 6.88. The van der Waals surface area contributed by atoms with E-state index < -0.39 is 16.5 Å². The molecular formula is C10H9ClN6O3S. The van der Waals surface area contributed by atoms with Crippen LogP contribution in [-0.2, 0) is 0 Å². The molecule has 0 aliphatic carbocycles. The summed E-state index contributed by atoms with van der Waals surface area (Å²) in [5.41, 5.74) is 1.69. The molecule has 9 nitrogen and oxygen atoms in total. The van der Waals surface area contributed by atoms with E-state index in [4.69, 9.17) is 17.4 Å². The minimum absolute atomic E-state index is 0.0125. The number of nitrogens with two attached hydrogens (primary N) is 1. The van der Waals surface area contributed by atoms with Crippen molar-refractivity contribution in [1.82, 2.24) is 9.36 Å². The zero-order chi connectivity index (χ0) is 15.6. The molecule has 0 saturated heterocycles. The summed E-state index contributed by atoms with van der Waals surface area (Å²) in [5, 5.41) is 13.7. The zero-order valence-electron chi connectivity index (χ0n) is 10.6. The Labute approximate surface area is 127 Å². The van der Waals surface area contributed by atoms with Gasteiger partial charge in [-0.15, -0.1) is 0 Å². The van der Waals surface area contributed by atoms with Gasteiger partial charge in [-0.25, -0.2) is 4.98 Å². The van der Waals surface area contributed by atoms with Crippen LogP contribution < -0.4 is 16.6 Å². The summed E-state index contributed by atoms with van der Waals surface area (Å²) in [6, 6.07) is 2.34. The molecule has 2 aromatic rings. The minimum Gasteiger partial charge on any atom is -0.317 e. The number of anilines is 2. The highest BCUT2D eigenvalue weighted by Gasteiger charge is 2.21. The third-order valence-corrected chi connectivity index (χ3v) is 3.44. The molecule has 2 rings (SSSR count). The molecule has 110 valence electrons. The molecule has 0 atom stereocenters. The highest BCUT2D eigenvalue weighted by Crippen LogP contribution is 2.33. The number of carbonyl (C=O) groups is 1. The van der Waals surface area contributed by atoms with Gasteiger partial charge in [0.25, 0.3) is 11.6 Å². The molecule has 1 amide bonds. The van der Waals surface area contributed by atoms with Crippen molar-refractivity contribution < 1.29 is 9.72 Å². The van der Waals surface area contributed by atoms with Crippen molar-refractivity contribution in [3.05, 3.63) is 38.7 Å². The lowest BCUT2D eigenvalue weighted by atomic mass is 10.1. The first kappa shape index (κ1) is 15.1. The van der Waals surface area contributed by atoms with Crippen molar-refractivity contribution in [1.29, 1.82) is 0 Å². The summed E-state index contributed by atoms with van der Waals surface area (Å²) in [6.45, 7) is 1.68. The Morgan fingerprint density at radius 2 is 2.24 bits per heavy atom. The summed E-state index contributed by atoms with van der Waals surface area (Å²) in [4.78, 5) is 26.3. The fourth-order valence-electron chi connectivity index (χ4n) is 1.53. The number of aromatic nitrogens is 2. The number of nitrogens with zero attached hydrogens (tertiary/aromatic N) is 3. The highest BCUT2D eigenvalue weighted by molar-refractivity contribution is 7.09. The topological polar surface area (TPSA) is 136 Å². The molecule has 0 spiro atoms. The lowest BCUT2D eigenvalue weighted by Gasteiger charge is -2.07. The van der Waals surface area contributed by atoms with Crippen LogP contribution in [0.15, 0.2) is 12.1 Å². The SMILES string of the molecule is Cc1nsc(NC(=O)c2cc(Cl)c(NN)c([N+](=O)[O-])c2)n1. The Bertz CT molecular complexity index is 719. The second-order valence-corrected chi connectivity index (χ2v) is 5.01. The average molecular weight is 329 g/mol. The third-order valence-electron chi connectivity index (χ3n) is 2.42. The summed E-state index contributed by atoms with van der Waals surface area (Å²) < 4.78 is 3.91. The van der Waals surface area contributed by atoms with E-state index in [9.17, 15) is 14.9 Å². The fourth-order valence-corrected chi connectivity index (χ4v) is 2.37. The van der Waals surface area contributed by atoms with Gasteiger partial charge in [0, 0.05) is 23.2 Å². The number of hydrogen-bond acceptors (Lipinski definition) is 8. The Morgan fingerprint density at radius 3 is 2.76 bits per heavy atom. The lowest BCUT2D eigenvalue weighted by molar-refractivity contribution is -0.384. The van der Waals surface area contributed by atoms with Gasteiger partial charge in [-0.2, -0.15) is 4.37 Å². The van der Waals surface area contributed by atoms with E-state index in [1.807, 2.05) is 0 Å². The van der Waals surface area contributed by atoms with Gasteiger partial charge in [-0.05, 0) is 13.0 Å². The minimum atomic E-state index is -0.688. The molecule has 1 aromatic carbocycles. The number of nitrogen functional groups attached to an aromatic ring is 1. The Hall–Kier alpha value is -2.30. The number of aryl methyl sites for hydroxylation is 1. The largest absolute Gasteiger partial charge is 0.317 e. The van der Waals surface area contributed by atoms with Crippen molar-refractivity contribution in [3.63, 3.8) is 0 Å². The number of hydrazine groups is 1. The van der Waals surface area contributed by atoms with Crippen molar-refractivity contribution in [3.8, 4) is 0 Å². The van der Waals surface area contributed by atoms with E-state index in [0.717, 1.165) is 17.6 Å². The number of benzene rings is 1. The molecule has 0 aliphatic rings. The molecule has 0 fully saturated rings. The number of hydrogen-bond donors (Lipinski definition) is 3. The third kappa shape index (κ3) is 3.24. The van der Waals surface area contributed by atoms with Gasteiger partial charge >= 0.3 is 0 Å². The van der Waals surface area contributed by atoms with Crippen molar-refractivity contribution >= 4 is 45.5 Å². The number of nitrogens with one attached hydrogen (secondary N) is 2. The molecule has 0 radical (unpaired) electrons. The number of rotatable bonds is 4. The van der Waals surface area contributed by atoms with Crippen molar-refractivity contribution in [2.75, 3.05) is 10.7 Å². The van der Waals surface area contributed by atoms with Gasteiger partial charge in [0.05, 0.1) is 9.95 Å². The fraction of sp³-hybridized carbons (Fsp3) is 0.100. The number of carbonyl (C=O) groups excluding carboxylic acids is 1. The van der Waals surface area contributed by atoms with Crippen LogP contribution in [0, 0.1) is 17.0 Å². The average Bonchev–Trinajstić information content (AvgIpc) is 2.82. The quantitative estimate of drug-likeness (QED) is 0.443. The molecule has 21 heavy (non-hydrogen) atoms. The maximum atomic E-state index is 12.0. The molecule has 0 unspecified atom stereocenters. The Morgan fingerprint density at radius 1 is 1.52 bits per heavy atom. The van der Waals surface area contributed by atoms with Crippen LogP contribution in [0.3, 0.4) is 0 Å². The van der Waals surface area contributed by atoms with Gasteiger partial charge in [-0.1, -0.05) is 11.6 Å². The standard InChI is InChI=1S/C10H9ClN6O3S/c1-4-13-10(21-16-4)14-9(18)5-2-6(11)8(15-12)7(3-5)17(19)20/h2-3,15H,12H2,1H3,(H,13,14,16,18). The van der Waals surface area contributed by atoms with Crippen LogP contribution in [0.1, 0.15) is 16.2 Å². The van der Waals surface area contributed by atoms with Crippen LogP contribution in [0.2, 0.25) is 5.02 Å². The first-order chi connectivity index (χ1) is 9.92. The Kier molecular flexibility index (Phi) is 4.31. The predicted molar refractivity (Wildman–Crippen MR) is 78.5 cm³/mol. The van der Waals surface area contributed by atoms with Crippen LogP contribution in [0.4, 0.5) is 16.5 Å². The molecule has 4 N–H and O–H groups in total. The molecule has 11 heteroatoms. The van der Waals surface area contributed by atoms with E-state index in [0.29, 0.717) is 5.82 Å². The second kappa shape index (κ2) is 5.99. The van der Waals surface area contributed by atoms with E-state index in [2.05, 4.69) is 20.1 Å². The number of amides is 1. The van der Waals surface area contributed by atoms with Gasteiger partial charge < -0.3 is 5.43 Å². The van der Waals surface area contributed by atoms with Crippen molar-refractivity contribution in [2.24, 2.45) is 5.84 Å². The van der Waals surface area contributed by atoms with E-state index in [1.54, 1.807) is 6.92 Å². The molecule has 1 heterocycles. The Balaban J connectivity index is 2.35. The predicted octanol–water partition coefficient (Wildman–Crippen LogP) is 1.95. The highest BCUT2D eigenvalue weighted by atomic mass is 35.5. The van der Waals surface area contributed by atoms with E-state index in [-0.39, 0.29) is 21.4 Å². The number of halogens is 1. The van der Waals surface area contributed by atoms with Gasteiger partial charge in [0.15, 0.2) is 0 Å². The summed E-state index contributed by atoms with van der Waals surface area (Å²) in [6.07, 6.45) is 0. The van der Waals surface area contributed by atoms with Gasteiger partial charge in [0.1, 0.15) is 11.5 Å². The number of nitro groups is 1. The van der Waals surface area contributed by atoms with Crippen LogP contribution in [0.25, 0.3) is 0 Å². The maximum absolute atomic E-state index is 12.0. The monoisotopic (exact) mass is 328 g/mol. The van der Waals surface area contributed by atoms with Gasteiger partial charge in [-0.3, -0.25) is 26.1 Å². The van der Waals surface area contributed by atoms with E-state index >= 15 is 0 Å². The van der Waals surface area contributed by atoms with Crippen LogP contribution in [0.5, 0.6) is 0 Å². The smallest absolute Gasteiger partial charge is 0.295 e. The molecule has 0 saturated carbocycles. The maximum Gasteiger partial charge on any atom is 0.295 e. The van der Waals surface area contributed by atoms with Crippen molar-refractivity contribution in [2.45, 2.75) is 6.92 Å². The van der Waals surface area contributed by atoms with Crippen LogP contribution >= 0.6 is 23.1 Å². The second-order valence-electron chi connectivity index (χ2n) is 3.85. The molecular weight excluding hydrogens is 320 g/mol. The first-order valence-corrected chi connectivity index (χ1v) is 6.63. The molecule has 0 aliphatic heterocycles. The molecule has 1 aromatic heterocycles. The summed E-state index contributed by atoms with van der Waals surface area (Å²) in [5.74, 6) is 5.12. The van der Waals surface area contributed by atoms with Gasteiger partial charge in [0.2, 0.25) is 5.13 Å².